The number of carbonyl (C=O) groups is 1. The SMILES string of the molecule is COC(=O)[C@H]1CCN[C@H]1CCCO[Si](c1ccccc1)(c1ccccc1)C(C)(C)C. The highest BCUT2D eigenvalue weighted by molar-refractivity contribution is 6.99. The summed E-state index contributed by atoms with van der Waals surface area (Å²) in [7, 11) is -1.01. The van der Waals surface area contributed by atoms with E-state index in [1.54, 1.807) is 0 Å². The molecule has 1 aliphatic heterocycles. The van der Waals surface area contributed by atoms with Crippen LogP contribution in [0.25, 0.3) is 0 Å². The van der Waals surface area contributed by atoms with E-state index >= 15 is 0 Å². The molecule has 1 fully saturated rings. The second kappa shape index (κ2) is 9.90. The summed E-state index contributed by atoms with van der Waals surface area (Å²) in [5.41, 5.74) is 0. The molecular formula is C25H35NO3Si. The van der Waals surface area contributed by atoms with Gasteiger partial charge in [-0.2, -0.15) is 0 Å². The van der Waals surface area contributed by atoms with E-state index in [4.69, 9.17) is 9.16 Å². The van der Waals surface area contributed by atoms with Gasteiger partial charge in [-0.15, -0.1) is 0 Å². The van der Waals surface area contributed by atoms with Crippen LogP contribution in [0.1, 0.15) is 40.0 Å². The number of rotatable bonds is 8. The number of hydrogen-bond donors (Lipinski definition) is 1. The van der Waals surface area contributed by atoms with Crippen molar-refractivity contribution in [3.05, 3.63) is 60.7 Å². The van der Waals surface area contributed by atoms with Crippen LogP contribution in [0.2, 0.25) is 5.04 Å². The summed E-state index contributed by atoms with van der Waals surface area (Å²) in [5.74, 6) is -0.138. The minimum Gasteiger partial charge on any atom is -0.469 e. The van der Waals surface area contributed by atoms with Gasteiger partial charge in [0.25, 0.3) is 8.32 Å². The van der Waals surface area contributed by atoms with Crippen LogP contribution < -0.4 is 15.7 Å². The Labute approximate surface area is 182 Å². The van der Waals surface area contributed by atoms with Gasteiger partial charge in [0.15, 0.2) is 0 Å². The number of hydrogen-bond acceptors (Lipinski definition) is 4. The predicted octanol–water partition coefficient (Wildman–Crippen LogP) is 3.49. The molecule has 3 rings (SSSR count). The van der Waals surface area contributed by atoms with Crippen molar-refractivity contribution in [1.82, 2.24) is 5.32 Å². The molecule has 4 nitrogen and oxygen atoms in total. The zero-order valence-corrected chi connectivity index (χ0v) is 19.7. The Balaban J connectivity index is 1.79. The molecule has 0 aromatic heterocycles. The van der Waals surface area contributed by atoms with Crippen LogP contribution in [0.4, 0.5) is 0 Å². The number of esters is 1. The maximum atomic E-state index is 12.0. The van der Waals surface area contributed by atoms with Crippen molar-refractivity contribution in [3.8, 4) is 0 Å². The lowest BCUT2D eigenvalue weighted by atomic mass is 9.97. The quantitative estimate of drug-likeness (QED) is 0.400. The van der Waals surface area contributed by atoms with Gasteiger partial charge < -0.3 is 14.5 Å². The largest absolute Gasteiger partial charge is 0.469 e. The van der Waals surface area contributed by atoms with Gasteiger partial charge in [-0.1, -0.05) is 81.4 Å². The summed E-state index contributed by atoms with van der Waals surface area (Å²) in [6, 6.07) is 21.6. The fraction of sp³-hybridized carbons (Fsp3) is 0.480. The summed E-state index contributed by atoms with van der Waals surface area (Å²) in [6.07, 6.45) is 2.68. The summed E-state index contributed by atoms with van der Waals surface area (Å²) in [5, 5.41) is 6.05. The average Bonchev–Trinajstić information content (AvgIpc) is 3.22. The molecule has 0 spiro atoms. The second-order valence-electron chi connectivity index (χ2n) is 9.13. The van der Waals surface area contributed by atoms with Gasteiger partial charge in [-0.25, -0.2) is 0 Å². The molecule has 5 heteroatoms. The van der Waals surface area contributed by atoms with Crippen LogP contribution in [0, 0.1) is 5.92 Å². The van der Waals surface area contributed by atoms with E-state index in [9.17, 15) is 4.79 Å². The van der Waals surface area contributed by atoms with E-state index < -0.39 is 8.32 Å². The molecule has 1 N–H and O–H groups in total. The highest BCUT2D eigenvalue weighted by atomic mass is 28.4. The number of ether oxygens (including phenoxy) is 1. The lowest BCUT2D eigenvalue weighted by Crippen LogP contribution is -2.66. The zero-order chi connectivity index (χ0) is 21.6. The molecule has 30 heavy (non-hydrogen) atoms. The second-order valence-corrected chi connectivity index (χ2v) is 13.4. The molecule has 0 saturated carbocycles. The first-order chi connectivity index (χ1) is 14.4. The lowest BCUT2D eigenvalue weighted by molar-refractivity contribution is -0.145. The minimum atomic E-state index is -2.48. The third-order valence-corrected chi connectivity index (χ3v) is 11.3. The van der Waals surface area contributed by atoms with Crippen molar-refractivity contribution in [2.75, 3.05) is 20.3 Å². The summed E-state index contributed by atoms with van der Waals surface area (Å²) >= 11 is 0. The monoisotopic (exact) mass is 425 g/mol. The standard InChI is InChI=1S/C25H35NO3Si/c1-25(2,3)30(20-12-7-5-8-13-20,21-14-9-6-10-15-21)29-19-11-16-23-22(17-18-26-23)24(27)28-4/h5-10,12-15,22-23,26H,11,16-19H2,1-4H3/t22-,23-/m0/s1. The normalized spacial score (nSPS) is 19.6. The third kappa shape index (κ3) is 4.69. The Bertz CT molecular complexity index is 765. The first-order valence-corrected chi connectivity index (χ1v) is 12.9. The predicted molar refractivity (Wildman–Crippen MR) is 125 cm³/mol. The molecule has 2 atom stereocenters. The van der Waals surface area contributed by atoms with Crippen molar-refractivity contribution in [2.24, 2.45) is 5.92 Å². The first kappa shape index (κ1) is 22.7. The molecule has 1 heterocycles. The van der Waals surface area contributed by atoms with Gasteiger partial charge >= 0.3 is 5.97 Å². The third-order valence-electron chi connectivity index (χ3n) is 6.25. The molecule has 162 valence electrons. The number of carbonyl (C=O) groups excluding carboxylic acids is 1. The van der Waals surface area contributed by atoms with Crippen molar-refractivity contribution >= 4 is 24.7 Å². The van der Waals surface area contributed by atoms with Gasteiger partial charge in [0, 0.05) is 12.6 Å². The van der Waals surface area contributed by atoms with Crippen LogP contribution >= 0.6 is 0 Å². The maximum absolute atomic E-state index is 12.0. The molecule has 0 radical (unpaired) electrons. The van der Waals surface area contributed by atoms with Crippen molar-refractivity contribution < 1.29 is 14.0 Å². The van der Waals surface area contributed by atoms with E-state index in [-0.39, 0.29) is 23.0 Å². The van der Waals surface area contributed by atoms with Gasteiger partial charge in [0.1, 0.15) is 0 Å². The Morgan fingerprint density at radius 2 is 1.60 bits per heavy atom. The fourth-order valence-electron chi connectivity index (χ4n) is 4.79. The number of nitrogens with one attached hydrogen (secondary N) is 1. The maximum Gasteiger partial charge on any atom is 0.310 e. The Kier molecular flexibility index (Phi) is 7.50. The van der Waals surface area contributed by atoms with E-state index in [2.05, 4.69) is 86.8 Å². The summed E-state index contributed by atoms with van der Waals surface area (Å²) < 4.78 is 11.9. The Hall–Kier alpha value is -1.95. The molecule has 2 aromatic carbocycles. The van der Waals surface area contributed by atoms with Crippen LogP contribution in [-0.4, -0.2) is 40.6 Å². The molecule has 2 aromatic rings. The van der Waals surface area contributed by atoms with E-state index in [1.165, 1.54) is 17.5 Å². The number of methoxy groups -OCH3 is 1. The smallest absolute Gasteiger partial charge is 0.310 e. The van der Waals surface area contributed by atoms with E-state index in [0.717, 1.165) is 25.8 Å². The van der Waals surface area contributed by atoms with Crippen molar-refractivity contribution in [3.63, 3.8) is 0 Å². The van der Waals surface area contributed by atoms with Crippen LogP contribution in [-0.2, 0) is 14.0 Å². The zero-order valence-electron chi connectivity index (χ0n) is 18.7. The van der Waals surface area contributed by atoms with E-state index in [1.807, 2.05) is 0 Å². The first-order valence-electron chi connectivity index (χ1n) is 11.0. The molecule has 1 aliphatic rings. The van der Waals surface area contributed by atoms with Gasteiger partial charge in [0.05, 0.1) is 13.0 Å². The molecule has 0 amide bonds. The van der Waals surface area contributed by atoms with Gasteiger partial charge in [-0.05, 0) is 41.2 Å². The van der Waals surface area contributed by atoms with Crippen molar-refractivity contribution in [2.45, 2.75) is 51.1 Å². The van der Waals surface area contributed by atoms with Crippen LogP contribution in [0.3, 0.4) is 0 Å². The lowest BCUT2D eigenvalue weighted by Gasteiger charge is -2.43. The molecule has 0 aliphatic carbocycles. The summed E-state index contributed by atoms with van der Waals surface area (Å²) in [4.78, 5) is 12.0. The fourth-order valence-corrected chi connectivity index (χ4v) is 9.40. The Morgan fingerprint density at radius 1 is 1.03 bits per heavy atom. The number of benzene rings is 2. The van der Waals surface area contributed by atoms with Crippen LogP contribution in [0.5, 0.6) is 0 Å². The van der Waals surface area contributed by atoms with Gasteiger partial charge in [-0.3, -0.25) is 4.79 Å². The van der Waals surface area contributed by atoms with Crippen molar-refractivity contribution in [1.29, 1.82) is 0 Å². The summed E-state index contributed by atoms with van der Waals surface area (Å²) in [6.45, 7) is 8.44. The molecule has 1 saturated heterocycles. The molecule has 0 unspecified atom stereocenters. The molecular weight excluding hydrogens is 390 g/mol. The Morgan fingerprint density at radius 3 is 2.10 bits per heavy atom. The van der Waals surface area contributed by atoms with Gasteiger partial charge in [0.2, 0.25) is 0 Å². The topological polar surface area (TPSA) is 47.6 Å². The van der Waals surface area contributed by atoms with E-state index in [0.29, 0.717) is 6.61 Å². The van der Waals surface area contributed by atoms with Crippen LogP contribution in [0.15, 0.2) is 60.7 Å². The minimum absolute atomic E-state index is 0.0180. The highest BCUT2D eigenvalue weighted by Crippen LogP contribution is 2.37. The highest BCUT2D eigenvalue weighted by Gasteiger charge is 2.50. The molecule has 0 bridgehead atoms. The average molecular weight is 426 g/mol.